The fourth-order valence-corrected chi connectivity index (χ4v) is 3.32. The van der Waals surface area contributed by atoms with E-state index in [0.717, 1.165) is 33.4 Å². The molecular weight excluding hydrogens is 364 g/mol. The molecule has 0 aliphatic carbocycles. The van der Waals surface area contributed by atoms with Crippen LogP contribution in [0.5, 0.6) is 5.75 Å². The quantitative estimate of drug-likeness (QED) is 0.496. The molecular formula is C22H18N6O. The van der Waals surface area contributed by atoms with Crippen molar-refractivity contribution in [2.45, 2.75) is 6.54 Å². The zero-order valence-corrected chi connectivity index (χ0v) is 15.8. The first-order valence-corrected chi connectivity index (χ1v) is 9.25. The molecule has 29 heavy (non-hydrogen) atoms. The summed E-state index contributed by atoms with van der Waals surface area (Å²) >= 11 is 0. The Kier molecular flexibility index (Phi) is 4.25. The highest BCUT2D eigenvalue weighted by Crippen LogP contribution is 2.25. The third-order valence-electron chi connectivity index (χ3n) is 4.75. The minimum Gasteiger partial charge on any atom is -0.496 e. The van der Waals surface area contributed by atoms with Crippen molar-refractivity contribution in [2.75, 3.05) is 12.4 Å². The van der Waals surface area contributed by atoms with Crippen LogP contribution < -0.4 is 10.1 Å². The van der Waals surface area contributed by atoms with Crippen LogP contribution in [0.4, 0.5) is 5.95 Å². The van der Waals surface area contributed by atoms with Gasteiger partial charge < -0.3 is 10.1 Å². The fourth-order valence-electron chi connectivity index (χ4n) is 3.32. The largest absolute Gasteiger partial charge is 0.496 e. The molecule has 3 aromatic heterocycles. The van der Waals surface area contributed by atoms with Crippen LogP contribution in [0.2, 0.25) is 0 Å². The molecule has 0 bridgehead atoms. The molecule has 7 nitrogen and oxygen atoms in total. The van der Waals surface area contributed by atoms with E-state index in [1.807, 2.05) is 60.7 Å². The smallest absolute Gasteiger partial charge is 0.226 e. The number of benzene rings is 2. The average molecular weight is 382 g/mol. The van der Waals surface area contributed by atoms with Gasteiger partial charge in [-0.1, -0.05) is 30.3 Å². The summed E-state index contributed by atoms with van der Waals surface area (Å²) in [6, 6.07) is 19.6. The van der Waals surface area contributed by atoms with Crippen LogP contribution in [0, 0.1) is 0 Å². The molecule has 0 spiro atoms. The zero-order chi connectivity index (χ0) is 19.6. The minimum absolute atomic E-state index is 0.550. The standard InChI is InChI=1S/C22H18N6O/c1-29-19-9-5-2-6-16(19)14-24-22-25-18-8-4-3-7-17(18)21-26-20(27-28(21)22)15-10-12-23-13-11-15/h2-13H,14H2,1H3,(H,24,25). The van der Waals surface area contributed by atoms with Gasteiger partial charge in [-0.05, 0) is 30.3 Å². The summed E-state index contributed by atoms with van der Waals surface area (Å²) in [4.78, 5) is 13.6. The van der Waals surface area contributed by atoms with Crippen LogP contribution in [0.3, 0.4) is 0 Å². The van der Waals surface area contributed by atoms with E-state index in [-0.39, 0.29) is 0 Å². The van der Waals surface area contributed by atoms with Gasteiger partial charge in [0.2, 0.25) is 5.95 Å². The van der Waals surface area contributed by atoms with Crippen molar-refractivity contribution in [3.63, 3.8) is 0 Å². The first kappa shape index (κ1) is 17.1. The molecule has 0 unspecified atom stereocenters. The van der Waals surface area contributed by atoms with E-state index < -0.39 is 0 Å². The Labute approximate surface area is 167 Å². The van der Waals surface area contributed by atoms with E-state index in [9.17, 15) is 0 Å². The maximum absolute atomic E-state index is 5.45. The predicted octanol–water partition coefficient (Wildman–Crippen LogP) is 3.96. The average Bonchev–Trinajstić information content (AvgIpc) is 3.24. The Morgan fingerprint density at radius 3 is 2.59 bits per heavy atom. The Balaban J connectivity index is 1.62. The summed E-state index contributed by atoms with van der Waals surface area (Å²) in [6.07, 6.45) is 3.47. The van der Waals surface area contributed by atoms with E-state index in [0.29, 0.717) is 18.3 Å². The third-order valence-corrected chi connectivity index (χ3v) is 4.75. The van der Waals surface area contributed by atoms with E-state index >= 15 is 0 Å². The number of hydrogen-bond donors (Lipinski definition) is 1. The van der Waals surface area contributed by atoms with Gasteiger partial charge in [0.25, 0.3) is 0 Å². The number of para-hydroxylation sites is 2. The highest BCUT2D eigenvalue weighted by atomic mass is 16.5. The first-order chi connectivity index (χ1) is 14.3. The van der Waals surface area contributed by atoms with Gasteiger partial charge in [-0.3, -0.25) is 4.98 Å². The Hall–Kier alpha value is -4.00. The predicted molar refractivity (Wildman–Crippen MR) is 112 cm³/mol. The molecule has 2 aromatic carbocycles. The minimum atomic E-state index is 0.550. The van der Waals surface area contributed by atoms with Crippen LogP contribution >= 0.6 is 0 Å². The number of aromatic nitrogens is 5. The van der Waals surface area contributed by atoms with Crippen LogP contribution in [-0.2, 0) is 6.54 Å². The topological polar surface area (TPSA) is 77.2 Å². The van der Waals surface area contributed by atoms with Gasteiger partial charge >= 0.3 is 0 Å². The maximum atomic E-state index is 5.45. The Bertz CT molecular complexity index is 1300. The van der Waals surface area contributed by atoms with Crippen LogP contribution in [-0.4, -0.2) is 31.7 Å². The number of methoxy groups -OCH3 is 1. The SMILES string of the molecule is COc1ccccc1CNc1nc2ccccc2c2nc(-c3ccncc3)nn12. The van der Waals surface area contributed by atoms with Crippen molar-refractivity contribution >= 4 is 22.5 Å². The van der Waals surface area contributed by atoms with E-state index in [1.54, 1.807) is 24.0 Å². The molecule has 0 saturated carbocycles. The van der Waals surface area contributed by atoms with Crippen LogP contribution in [0.15, 0.2) is 73.1 Å². The lowest BCUT2D eigenvalue weighted by Gasteiger charge is -2.11. The Morgan fingerprint density at radius 2 is 1.72 bits per heavy atom. The second-order valence-corrected chi connectivity index (χ2v) is 6.52. The number of pyridine rings is 1. The summed E-state index contributed by atoms with van der Waals surface area (Å²) in [5.41, 5.74) is 3.55. The molecule has 0 aliphatic rings. The van der Waals surface area contributed by atoms with Gasteiger partial charge in [-0.15, -0.1) is 5.10 Å². The highest BCUT2D eigenvalue weighted by Gasteiger charge is 2.14. The number of ether oxygens (including phenoxy) is 1. The van der Waals surface area contributed by atoms with Crippen molar-refractivity contribution in [1.29, 1.82) is 0 Å². The lowest BCUT2D eigenvalue weighted by molar-refractivity contribution is 0.410. The number of hydrogen-bond acceptors (Lipinski definition) is 6. The second kappa shape index (κ2) is 7.20. The van der Waals surface area contributed by atoms with Crippen molar-refractivity contribution in [1.82, 2.24) is 24.6 Å². The number of nitrogens with zero attached hydrogens (tertiary/aromatic N) is 5. The van der Waals surface area contributed by atoms with Crippen molar-refractivity contribution in [3.8, 4) is 17.1 Å². The normalized spacial score (nSPS) is 11.1. The van der Waals surface area contributed by atoms with Gasteiger partial charge in [-0.2, -0.15) is 4.52 Å². The third kappa shape index (κ3) is 3.12. The van der Waals surface area contributed by atoms with Crippen molar-refractivity contribution in [3.05, 3.63) is 78.6 Å². The molecule has 0 aliphatic heterocycles. The number of nitrogens with one attached hydrogen (secondary N) is 1. The van der Waals surface area contributed by atoms with E-state index in [2.05, 4.69) is 10.3 Å². The van der Waals surface area contributed by atoms with E-state index in [4.69, 9.17) is 19.8 Å². The molecule has 0 fully saturated rings. The fraction of sp³-hybridized carbons (Fsp3) is 0.0909. The maximum Gasteiger partial charge on any atom is 0.226 e. The molecule has 0 amide bonds. The van der Waals surface area contributed by atoms with Crippen LogP contribution in [0.25, 0.3) is 27.9 Å². The summed E-state index contributed by atoms with van der Waals surface area (Å²) in [5, 5.41) is 9.05. The van der Waals surface area contributed by atoms with Gasteiger partial charge in [-0.25, -0.2) is 9.97 Å². The molecule has 3 heterocycles. The molecule has 7 heteroatoms. The summed E-state index contributed by atoms with van der Waals surface area (Å²) < 4.78 is 7.21. The molecule has 0 atom stereocenters. The van der Waals surface area contributed by atoms with Gasteiger partial charge in [0.15, 0.2) is 11.5 Å². The van der Waals surface area contributed by atoms with Crippen LogP contribution in [0.1, 0.15) is 5.56 Å². The zero-order valence-electron chi connectivity index (χ0n) is 15.8. The van der Waals surface area contributed by atoms with E-state index in [1.165, 1.54) is 0 Å². The summed E-state index contributed by atoms with van der Waals surface area (Å²) in [6.45, 7) is 0.550. The van der Waals surface area contributed by atoms with Crippen molar-refractivity contribution in [2.24, 2.45) is 0 Å². The monoisotopic (exact) mass is 382 g/mol. The lowest BCUT2D eigenvalue weighted by Crippen LogP contribution is -2.08. The highest BCUT2D eigenvalue weighted by molar-refractivity contribution is 5.92. The molecule has 1 N–H and O–H groups in total. The second-order valence-electron chi connectivity index (χ2n) is 6.52. The molecule has 5 rings (SSSR count). The van der Waals surface area contributed by atoms with Gasteiger partial charge in [0, 0.05) is 35.5 Å². The number of rotatable bonds is 5. The molecule has 5 aromatic rings. The molecule has 0 saturated heterocycles. The summed E-state index contributed by atoms with van der Waals surface area (Å²) in [5.74, 6) is 2.08. The lowest BCUT2D eigenvalue weighted by atomic mass is 10.2. The first-order valence-electron chi connectivity index (χ1n) is 9.25. The van der Waals surface area contributed by atoms with Gasteiger partial charge in [0.05, 0.1) is 12.6 Å². The van der Waals surface area contributed by atoms with Gasteiger partial charge in [0.1, 0.15) is 5.75 Å². The summed E-state index contributed by atoms with van der Waals surface area (Å²) in [7, 11) is 1.67. The van der Waals surface area contributed by atoms with Crippen molar-refractivity contribution < 1.29 is 4.74 Å². The molecule has 142 valence electrons. The number of fused-ring (bicyclic) bond motifs is 3. The number of anilines is 1. The molecule has 0 radical (unpaired) electrons. The Morgan fingerprint density at radius 1 is 0.931 bits per heavy atom.